The van der Waals surface area contributed by atoms with Gasteiger partial charge in [-0.3, -0.25) is 0 Å². The normalized spacial score (nSPS) is 10.8. The second-order valence-electron chi connectivity index (χ2n) is 5.00. The van der Waals surface area contributed by atoms with Gasteiger partial charge >= 0.3 is 0 Å². The first-order valence-electron chi connectivity index (χ1n) is 5.88. The Hall–Kier alpha value is -1.73. The number of nitriles is 1. The van der Waals surface area contributed by atoms with Gasteiger partial charge in [0, 0.05) is 17.6 Å². The number of para-hydroxylation sites is 1. The average Bonchev–Trinajstić information content (AvgIpc) is 2.33. The van der Waals surface area contributed by atoms with E-state index in [1.54, 1.807) is 7.11 Å². The molecule has 1 rings (SSSR count). The van der Waals surface area contributed by atoms with Crippen LogP contribution in [0, 0.1) is 11.3 Å². The van der Waals surface area contributed by atoms with Gasteiger partial charge in [-0.25, -0.2) is 0 Å². The number of nitrogens with one attached hydrogen (secondary N) is 1. The summed E-state index contributed by atoms with van der Waals surface area (Å²) in [5, 5.41) is 12.0. The molecule has 0 unspecified atom stereocenters. The maximum absolute atomic E-state index is 8.61. The van der Waals surface area contributed by atoms with E-state index in [2.05, 4.69) is 26.1 Å². The fraction of sp³-hybridized carbons (Fsp3) is 0.500. The van der Waals surface area contributed by atoms with E-state index in [0.29, 0.717) is 18.0 Å². The third-order valence-corrected chi connectivity index (χ3v) is 2.37. The number of hydrogen-bond acceptors (Lipinski definition) is 4. The Balaban J connectivity index is 2.91. The minimum atomic E-state index is 0.0168. The van der Waals surface area contributed by atoms with E-state index in [-0.39, 0.29) is 12.1 Å². The van der Waals surface area contributed by atoms with Gasteiger partial charge in [-0.15, -0.1) is 0 Å². The number of hydrogen-bond donors (Lipinski definition) is 1. The Labute approximate surface area is 109 Å². The van der Waals surface area contributed by atoms with Crippen LogP contribution in [0.25, 0.3) is 0 Å². The van der Waals surface area contributed by atoms with Crippen LogP contribution in [0.15, 0.2) is 18.2 Å². The summed E-state index contributed by atoms with van der Waals surface area (Å²) in [5.41, 5.74) is 1.01. The monoisotopic (exact) mass is 248 g/mol. The fourth-order valence-corrected chi connectivity index (χ4v) is 1.49. The molecule has 1 N–H and O–H groups in total. The van der Waals surface area contributed by atoms with E-state index >= 15 is 0 Å². The number of nitrogens with zero attached hydrogens (tertiary/aromatic N) is 1. The van der Waals surface area contributed by atoms with Crippen LogP contribution in [0.3, 0.4) is 0 Å². The molecule has 1 aromatic carbocycles. The van der Waals surface area contributed by atoms with Crippen LogP contribution < -0.4 is 14.8 Å². The Bertz CT molecular complexity index is 430. The molecule has 0 atom stereocenters. The van der Waals surface area contributed by atoms with E-state index in [9.17, 15) is 0 Å². The van der Waals surface area contributed by atoms with Crippen molar-refractivity contribution in [1.29, 1.82) is 5.26 Å². The molecular formula is C14H20N2O2. The fourth-order valence-electron chi connectivity index (χ4n) is 1.49. The first-order valence-corrected chi connectivity index (χ1v) is 5.88. The third kappa shape index (κ3) is 4.27. The van der Waals surface area contributed by atoms with Crippen LogP contribution in [-0.2, 0) is 6.54 Å². The predicted molar refractivity (Wildman–Crippen MR) is 70.7 cm³/mol. The van der Waals surface area contributed by atoms with E-state index in [4.69, 9.17) is 14.7 Å². The minimum absolute atomic E-state index is 0.0168. The van der Waals surface area contributed by atoms with Crippen molar-refractivity contribution in [2.24, 2.45) is 0 Å². The molecule has 0 aromatic heterocycles. The van der Waals surface area contributed by atoms with E-state index in [0.717, 1.165) is 5.56 Å². The molecule has 98 valence electrons. The zero-order valence-electron chi connectivity index (χ0n) is 11.4. The van der Waals surface area contributed by atoms with Crippen LogP contribution in [0.5, 0.6) is 11.5 Å². The SMILES string of the molecule is COc1cccc(CNC(C)(C)C)c1OCC#N. The molecule has 0 fully saturated rings. The molecule has 0 aliphatic heterocycles. The maximum atomic E-state index is 8.61. The molecule has 1 aromatic rings. The zero-order chi connectivity index (χ0) is 13.6. The summed E-state index contributed by atoms with van der Waals surface area (Å²) in [6.45, 7) is 6.99. The van der Waals surface area contributed by atoms with Gasteiger partial charge in [0.05, 0.1) is 7.11 Å². The maximum Gasteiger partial charge on any atom is 0.174 e. The molecule has 4 heteroatoms. The second-order valence-corrected chi connectivity index (χ2v) is 5.00. The largest absolute Gasteiger partial charge is 0.493 e. The van der Waals surface area contributed by atoms with Crippen molar-refractivity contribution in [1.82, 2.24) is 5.32 Å². The summed E-state index contributed by atoms with van der Waals surface area (Å²) in [5.74, 6) is 1.29. The van der Waals surface area contributed by atoms with Crippen LogP contribution in [0.2, 0.25) is 0 Å². The Kier molecular flexibility index (Phi) is 4.99. The quantitative estimate of drug-likeness (QED) is 0.869. The first-order chi connectivity index (χ1) is 8.48. The highest BCUT2D eigenvalue weighted by Crippen LogP contribution is 2.31. The van der Waals surface area contributed by atoms with Gasteiger partial charge in [-0.1, -0.05) is 12.1 Å². The average molecular weight is 248 g/mol. The molecular weight excluding hydrogens is 228 g/mol. The summed E-state index contributed by atoms with van der Waals surface area (Å²) < 4.78 is 10.7. The van der Waals surface area contributed by atoms with E-state index < -0.39 is 0 Å². The van der Waals surface area contributed by atoms with Gasteiger partial charge in [0.1, 0.15) is 6.07 Å². The van der Waals surface area contributed by atoms with E-state index in [1.165, 1.54) is 0 Å². The van der Waals surface area contributed by atoms with E-state index in [1.807, 2.05) is 24.3 Å². The molecule has 0 aliphatic rings. The Morgan fingerprint density at radius 2 is 2.06 bits per heavy atom. The topological polar surface area (TPSA) is 54.3 Å². The molecule has 0 amide bonds. The second kappa shape index (κ2) is 6.27. The van der Waals surface area contributed by atoms with Gasteiger partial charge in [0.2, 0.25) is 0 Å². The van der Waals surface area contributed by atoms with Gasteiger partial charge in [-0.2, -0.15) is 5.26 Å². The summed E-state index contributed by atoms with van der Waals surface area (Å²) in [7, 11) is 1.59. The van der Waals surface area contributed by atoms with Crippen molar-refractivity contribution in [2.75, 3.05) is 13.7 Å². The van der Waals surface area contributed by atoms with Crippen molar-refractivity contribution in [2.45, 2.75) is 32.9 Å². The van der Waals surface area contributed by atoms with Crippen LogP contribution >= 0.6 is 0 Å². The predicted octanol–water partition coefficient (Wildman–Crippen LogP) is 2.49. The number of ether oxygens (including phenoxy) is 2. The highest BCUT2D eigenvalue weighted by molar-refractivity contribution is 5.46. The molecule has 18 heavy (non-hydrogen) atoms. The molecule has 0 saturated carbocycles. The number of benzene rings is 1. The van der Waals surface area contributed by atoms with Crippen LogP contribution in [0.1, 0.15) is 26.3 Å². The van der Waals surface area contributed by atoms with Gasteiger partial charge in [-0.05, 0) is 26.8 Å². The van der Waals surface area contributed by atoms with Crippen molar-refractivity contribution in [3.63, 3.8) is 0 Å². The standard InChI is InChI=1S/C14H20N2O2/c1-14(2,3)16-10-11-6-5-7-12(17-4)13(11)18-9-8-15/h5-7,16H,9-10H2,1-4H3. The van der Waals surface area contributed by atoms with Crippen molar-refractivity contribution in [3.05, 3.63) is 23.8 Å². The highest BCUT2D eigenvalue weighted by atomic mass is 16.5. The van der Waals surface area contributed by atoms with Gasteiger partial charge < -0.3 is 14.8 Å². The lowest BCUT2D eigenvalue weighted by atomic mass is 10.1. The molecule has 0 saturated heterocycles. The summed E-state index contributed by atoms with van der Waals surface area (Å²) >= 11 is 0. The lowest BCUT2D eigenvalue weighted by Crippen LogP contribution is -2.35. The van der Waals surface area contributed by atoms with Crippen molar-refractivity contribution >= 4 is 0 Å². The van der Waals surface area contributed by atoms with Crippen LogP contribution in [0.4, 0.5) is 0 Å². The smallest absolute Gasteiger partial charge is 0.174 e. The summed E-state index contributed by atoms with van der Waals surface area (Å²) in [4.78, 5) is 0. The molecule has 0 bridgehead atoms. The van der Waals surface area contributed by atoms with Crippen molar-refractivity contribution in [3.8, 4) is 17.6 Å². The van der Waals surface area contributed by atoms with Gasteiger partial charge in [0.15, 0.2) is 18.1 Å². The number of methoxy groups -OCH3 is 1. The number of rotatable bonds is 5. The van der Waals surface area contributed by atoms with Crippen LogP contribution in [-0.4, -0.2) is 19.3 Å². The highest BCUT2D eigenvalue weighted by Gasteiger charge is 2.14. The lowest BCUT2D eigenvalue weighted by Gasteiger charge is -2.22. The Morgan fingerprint density at radius 3 is 2.61 bits per heavy atom. The van der Waals surface area contributed by atoms with Crippen molar-refractivity contribution < 1.29 is 9.47 Å². The first kappa shape index (κ1) is 14.3. The lowest BCUT2D eigenvalue weighted by molar-refractivity contribution is 0.322. The molecule has 0 aliphatic carbocycles. The van der Waals surface area contributed by atoms with Gasteiger partial charge in [0.25, 0.3) is 0 Å². The molecule has 0 spiro atoms. The third-order valence-electron chi connectivity index (χ3n) is 2.37. The molecule has 0 radical (unpaired) electrons. The minimum Gasteiger partial charge on any atom is -0.493 e. The molecule has 0 heterocycles. The molecule has 4 nitrogen and oxygen atoms in total. The summed E-state index contributed by atoms with van der Waals surface area (Å²) in [6.07, 6.45) is 0. The zero-order valence-corrected chi connectivity index (χ0v) is 11.4. The Morgan fingerprint density at radius 1 is 1.33 bits per heavy atom. The summed E-state index contributed by atoms with van der Waals surface area (Å²) in [6, 6.07) is 7.68.